The number of rotatable bonds is 1. The number of ether oxygens (including phenoxy) is 1. The first-order chi connectivity index (χ1) is 8.99. The van der Waals surface area contributed by atoms with Gasteiger partial charge in [-0.2, -0.15) is 0 Å². The molecule has 0 unspecified atom stereocenters. The molecule has 98 valence electrons. The summed E-state index contributed by atoms with van der Waals surface area (Å²) in [6, 6.07) is 5.09. The van der Waals surface area contributed by atoms with Crippen LogP contribution in [0.4, 0.5) is 0 Å². The van der Waals surface area contributed by atoms with E-state index in [4.69, 9.17) is 12.6 Å². The first kappa shape index (κ1) is 15.0. The molecular weight excluding hydrogens is 241 g/mol. The monoisotopic (exact) mass is 257 g/mol. The largest absolute Gasteiger partial charge is 0.424 e. The van der Waals surface area contributed by atoms with Crippen molar-refractivity contribution in [1.29, 1.82) is 0 Å². The van der Waals surface area contributed by atoms with Crippen molar-refractivity contribution in [2.75, 3.05) is 0 Å². The number of carbonyl (C=O) groups is 2. The fourth-order valence-electron chi connectivity index (χ4n) is 1.71. The van der Waals surface area contributed by atoms with Gasteiger partial charge in [-0.1, -0.05) is 25.4 Å². The van der Waals surface area contributed by atoms with Gasteiger partial charge in [0.15, 0.2) is 5.75 Å². The summed E-state index contributed by atoms with van der Waals surface area (Å²) in [5, 5.41) is 0.685. The summed E-state index contributed by atoms with van der Waals surface area (Å²) in [7, 11) is 5.67. The Morgan fingerprint density at radius 2 is 1.84 bits per heavy atom. The van der Waals surface area contributed by atoms with Gasteiger partial charge in [0.25, 0.3) is 0 Å². The third kappa shape index (κ3) is 3.25. The van der Waals surface area contributed by atoms with E-state index in [1.54, 1.807) is 18.2 Å². The van der Waals surface area contributed by atoms with Crippen molar-refractivity contribution in [2.24, 2.45) is 0 Å². The van der Waals surface area contributed by atoms with E-state index in [0.717, 1.165) is 0 Å². The summed E-state index contributed by atoms with van der Waals surface area (Å²) >= 11 is 0. The molecule has 0 spiro atoms. The quantitative estimate of drug-likeness (QED) is 0.580. The zero-order valence-corrected chi connectivity index (χ0v) is 11.6. The molecule has 2 rings (SSSR count). The van der Waals surface area contributed by atoms with Gasteiger partial charge in [0.1, 0.15) is 7.85 Å². The minimum atomic E-state index is -0.426. The van der Waals surface area contributed by atoms with E-state index in [2.05, 4.69) is 0 Å². The Hall–Kier alpha value is -2.04. The minimum Gasteiger partial charge on any atom is -0.424 e. The molecule has 0 aliphatic carbocycles. The fraction of sp³-hybridized carbons (Fsp3) is 0.286. The standard InChI is InChI=1S/C12H10BNO3.C2H6/c1-7(15)14-6-12(17-8(2)16)10-4-3-9(13)5-11(10)14;1-2/h3-6H,1-2H3;1-2H3. The van der Waals surface area contributed by atoms with Crippen LogP contribution in [0.2, 0.25) is 0 Å². The molecule has 2 radical (unpaired) electrons. The predicted molar refractivity (Wildman–Crippen MR) is 76.3 cm³/mol. The van der Waals surface area contributed by atoms with Crippen LogP contribution in [0.15, 0.2) is 24.4 Å². The highest BCUT2D eigenvalue weighted by Crippen LogP contribution is 2.27. The van der Waals surface area contributed by atoms with Gasteiger partial charge in [-0.15, -0.1) is 0 Å². The average molecular weight is 257 g/mol. The molecule has 0 aliphatic heterocycles. The van der Waals surface area contributed by atoms with Gasteiger partial charge in [-0.25, -0.2) is 0 Å². The number of esters is 1. The number of hydrogen-bond donors (Lipinski definition) is 0. The first-order valence-corrected chi connectivity index (χ1v) is 6.09. The second-order valence-electron chi connectivity index (χ2n) is 3.75. The summed E-state index contributed by atoms with van der Waals surface area (Å²) < 4.78 is 6.45. The van der Waals surface area contributed by atoms with Gasteiger partial charge < -0.3 is 4.74 Å². The summed E-state index contributed by atoms with van der Waals surface area (Å²) in [4.78, 5) is 22.4. The highest BCUT2D eigenvalue weighted by Gasteiger charge is 2.13. The maximum atomic E-state index is 11.5. The molecule has 1 aromatic heterocycles. The highest BCUT2D eigenvalue weighted by atomic mass is 16.5. The molecule has 0 fully saturated rings. The van der Waals surface area contributed by atoms with Gasteiger partial charge in [-0.3, -0.25) is 14.2 Å². The summed E-state index contributed by atoms with van der Waals surface area (Å²) in [5.41, 5.74) is 1.18. The van der Waals surface area contributed by atoms with Crippen molar-refractivity contribution in [2.45, 2.75) is 27.7 Å². The van der Waals surface area contributed by atoms with Crippen LogP contribution < -0.4 is 10.2 Å². The second-order valence-corrected chi connectivity index (χ2v) is 3.75. The second kappa shape index (κ2) is 6.23. The van der Waals surface area contributed by atoms with E-state index in [0.29, 0.717) is 22.1 Å². The SMILES string of the molecule is CC.[B]c1ccc2c(OC(C)=O)cn(C(C)=O)c2c1. The lowest BCUT2D eigenvalue weighted by atomic mass is 9.95. The van der Waals surface area contributed by atoms with Crippen molar-refractivity contribution >= 4 is 36.1 Å². The van der Waals surface area contributed by atoms with Gasteiger partial charge >= 0.3 is 5.97 Å². The Bertz CT molecular complexity index is 616. The van der Waals surface area contributed by atoms with Crippen LogP contribution in [0.1, 0.15) is 32.5 Å². The molecule has 0 saturated carbocycles. The van der Waals surface area contributed by atoms with Crippen LogP contribution in [-0.4, -0.2) is 24.3 Å². The first-order valence-electron chi connectivity index (χ1n) is 6.09. The molecule has 0 atom stereocenters. The van der Waals surface area contributed by atoms with E-state index < -0.39 is 5.97 Å². The molecule has 1 heterocycles. The van der Waals surface area contributed by atoms with E-state index in [9.17, 15) is 9.59 Å². The van der Waals surface area contributed by atoms with Crippen LogP contribution >= 0.6 is 0 Å². The molecular formula is C14H16BNO3. The zero-order valence-electron chi connectivity index (χ0n) is 11.6. The average Bonchev–Trinajstić information content (AvgIpc) is 2.69. The molecule has 5 heteroatoms. The lowest BCUT2D eigenvalue weighted by Gasteiger charge is -1.99. The lowest BCUT2D eigenvalue weighted by Crippen LogP contribution is -2.06. The Morgan fingerprint density at radius 3 is 2.37 bits per heavy atom. The zero-order chi connectivity index (χ0) is 14.6. The number of carbonyl (C=O) groups excluding carboxylic acids is 2. The molecule has 0 saturated heterocycles. The highest BCUT2D eigenvalue weighted by molar-refractivity contribution is 6.33. The maximum absolute atomic E-state index is 11.5. The van der Waals surface area contributed by atoms with E-state index in [1.165, 1.54) is 24.6 Å². The smallest absolute Gasteiger partial charge is 0.308 e. The Kier molecular flexibility index (Phi) is 4.92. The fourth-order valence-corrected chi connectivity index (χ4v) is 1.71. The summed E-state index contributed by atoms with van der Waals surface area (Å²) in [6.45, 7) is 6.74. The van der Waals surface area contributed by atoms with Gasteiger partial charge in [0.05, 0.1) is 11.7 Å². The van der Waals surface area contributed by atoms with Crippen molar-refractivity contribution in [1.82, 2.24) is 4.57 Å². The van der Waals surface area contributed by atoms with Crippen LogP contribution in [0, 0.1) is 0 Å². The summed E-state index contributed by atoms with van der Waals surface area (Å²) in [6.07, 6.45) is 1.49. The maximum Gasteiger partial charge on any atom is 0.308 e. The van der Waals surface area contributed by atoms with Gasteiger partial charge in [0.2, 0.25) is 5.91 Å². The number of aromatic nitrogens is 1. The third-order valence-electron chi connectivity index (χ3n) is 2.39. The molecule has 2 aromatic rings. The molecule has 4 nitrogen and oxygen atoms in total. The third-order valence-corrected chi connectivity index (χ3v) is 2.39. The molecule has 0 bridgehead atoms. The van der Waals surface area contributed by atoms with Gasteiger partial charge in [0, 0.05) is 19.2 Å². The number of fused-ring (bicyclic) bond motifs is 1. The Labute approximate surface area is 113 Å². The topological polar surface area (TPSA) is 48.3 Å². The van der Waals surface area contributed by atoms with Crippen molar-refractivity contribution < 1.29 is 14.3 Å². The van der Waals surface area contributed by atoms with Crippen LogP contribution in [0.25, 0.3) is 10.9 Å². The molecule has 0 N–H and O–H groups in total. The van der Waals surface area contributed by atoms with Crippen molar-refractivity contribution in [3.8, 4) is 5.75 Å². The summed E-state index contributed by atoms with van der Waals surface area (Å²) in [5.74, 6) is -0.230. The Morgan fingerprint density at radius 1 is 1.21 bits per heavy atom. The van der Waals surface area contributed by atoms with E-state index in [1.807, 2.05) is 13.8 Å². The number of hydrogen-bond acceptors (Lipinski definition) is 3. The number of nitrogens with zero attached hydrogens (tertiary/aromatic N) is 1. The van der Waals surface area contributed by atoms with E-state index in [-0.39, 0.29) is 5.91 Å². The van der Waals surface area contributed by atoms with Crippen LogP contribution in [-0.2, 0) is 4.79 Å². The van der Waals surface area contributed by atoms with Crippen LogP contribution in [0.5, 0.6) is 5.75 Å². The van der Waals surface area contributed by atoms with Crippen LogP contribution in [0.3, 0.4) is 0 Å². The Balaban J connectivity index is 0.000000861. The number of benzene rings is 1. The van der Waals surface area contributed by atoms with Crippen molar-refractivity contribution in [3.05, 3.63) is 24.4 Å². The molecule has 0 aliphatic rings. The normalized spacial score (nSPS) is 9.68. The van der Waals surface area contributed by atoms with E-state index >= 15 is 0 Å². The van der Waals surface area contributed by atoms with Crippen molar-refractivity contribution in [3.63, 3.8) is 0 Å². The molecule has 0 amide bonds. The molecule has 19 heavy (non-hydrogen) atoms. The molecule has 1 aromatic carbocycles. The lowest BCUT2D eigenvalue weighted by molar-refractivity contribution is -0.131. The van der Waals surface area contributed by atoms with Gasteiger partial charge in [-0.05, 0) is 12.1 Å². The predicted octanol–water partition coefficient (Wildman–Crippen LogP) is 2.05. The minimum absolute atomic E-state index is 0.168.